The molecule has 0 saturated carbocycles. The third-order valence-corrected chi connectivity index (χ3v) is 8.89. The molecule has 1 aromatic heterocycles. The van der Waals surface area contributed by atoms with E-state index in [1.54, 1.807) is 29.7 Å². The first-order chi connectivity index (χ1) is 17.8. The van der Waals surface area contributed by atoms with E-state index in [4.69, 9.17) is 4.74 Å². The zero-order valence-corrected chi connectivity index (χ0v) is 22.2. The number of hydrogen-bond donors (Lipinski definition) is 2. The van der Waals surface area contributed by atoms with Crippen molar-refractivity contribution in [2.75, 3.05) is 25.4 Å². The molecule has 198 valence electrons. The quantitative estimate of drug-likeness (QED) is 0.302. The van der Waals surface area contributed by atoms with Crippen LogP contribution in [0.15, 0.2) is 59.5 Å². The van der Waals surface area contributed by atoms with Crippen molar-refractivity contribution >= 4 is 26.6 Å². The molecule has 0 spiro atoms. The minimum atomic E-state index is -3.65. The molecule has 0 radical (unpaired) electrons. The molecule has 1 aliphatic rings. The van der Waals surface area contributed by atoms with Gasteiger partial charge < -0.3 is 9.64 Å². The molecular formula is C28H35N3O5S. The Balaban J connectivity index is 1.45. The van der Waals surface area contributed by atoms with Crippen LogP contribution < -0.4 is 10.2 Å². The fraction of sp³-hybridized carbons (Fsp3) is 0.429. The lowest BCUT2D eigenvalue weighted by Gasteiger charge is -2.37. The van der Waals surface area contributed by atoms with Gasteiger partial charge in [0.25, 0.3) is 0 Å². The van der Waals surface area contributed by atoms with E-state index in [2.05, 4.69) is 16.8 Å². The summed E-state index contributed by atoms with van der Waals surface area (Å²) in [5, 5.41) is 10.2. The van der Waals surface area contributed by atoms with Crippen molar-refractivity contribution in [1.82, 2.24) is 15.4 Å². The fourth-order valence-electron chi connectivity index (χ4n) is 5.09. The summed E-state index contributed by atoms with van der Waals surface area (Å²) in [5.41, 5.74) is 4.55. The molecule has 1 aliphatic heterocycles. The Kier molecular flexibility index (Phi) is 8.79. The summed E-state index contributed by atoms with van der Waals surface area (Å²) < 4.78 is 32.6. The molecule has 4 rings (SSSR count). The zero-order valence-electron chi connectivity index (χ0n) is 21.4. The van der Waals surface area contributed by atoms with Gasteiger partial charge in [0.15, 0.2) is 9.84 Å². The van der Waals surface area contributed by atoms with Crippen molar-refractivity contribution in [2.45, 2.75) is 44.6 Å². The number of pyridine rings is 1. The minimum Gasteiger partial charge on any atom is -0.489 e. The van der Waals surface area contributed by atoms with Crippen LogP contribution in [0.25, 0.3) is 10.9 Å². The molecule has 2 atom stereocenters. The Bertz CT molecular complexity index is 1330. The highest BCUT2D eigenvalue weighted by molar-refractivity contribution is 7.91. The molecule has 1 fully saturated rings. The number of hydroxylamine groups is 1. The highest BCUT2D eigenvalue weighted by atomic mass is 32.2. The second kappa shape index (κ2) is 12.0. The van der Waals surface area contributed by atoms with Gasteiger partial charge in [0.1, 0.15) is 12.4 Å². The van der Waals surface area contributed by atoms with E-state index >= 15 is 0 Å². The van der Waals surface area contributed by atoms with Crippen LogP contribution in [0.3, 0.4) is 0 Å². The average Bonchev–Trinajstić information content (AvgIpc) is 2.90. The van der Waals surface area contributed by atoms with E-state index in [1.165, 1.54) is 0 Å². The number of unbranched alkanes of at least 4 members (excludes halogenated alkanes) is 1. The van der Waals surface area contributed by atoms with Gasteiger partial charge in [0, 0.05) is 29.1 Å². The summed E-state index contributed by atoms with van der Waals surface area (Å²) in [6.07, 6.45) is 2.59. The van der Waals surface area contributed by atoms with Gasteiger partial charge in [-0.05, 0) is 75.2 Å². The number of aryl methyl sites for hydroxylation is 1. The number of nitrogens with zero attached hydrogens (tertiary/aromatic N) is 2. The molecule has 1 amide bonds. The molecular weight excluding hydrogens is 490 g/mol. The van der Waals surface area contributed by atoms with Gasteiger partial charge in [-0.25, -0.2) is 13.9 Å². The Morgan fingerprint density at radius 1 is 1.19 bits per heavy atom. The molecule has 3 aromatic rings. The van der Waals surface area contributed by atoms with Gasteiger partial charge in [-0.3, -0.25) is 15.0 Å². The second-order valence-electron chi connectivity index (χ2n) is 9.77. The SMILES string of the molecule is CCCCN1CC[C@H](C(=O)NO)[C@H](CS(=O)(=O)c2ccc(OCc3cc(C)nc4ccccc34)cc2)C1. The van der Waals surface area contributed by atoms with Crippen molar-refractivity contribution in [3.8, 4) is 5.75 Å². The monoisotopic (exact) mass is 525 g/mol. The van der Waals surface area contributed by atoms with Gasteiger partial charge in [-0.2, -0.15) is 0 Å². The summed E-state index contributed by atoms with van der Waals surface area (Å²) in [6, 6.07) is 16.3. The van der Waals surface area contributed by atoms with E-state index in [0.717, 1.165) is 41.5 Å². The van der Waals surface area contributed by atoms with E-state index in [9.17, 15) is 18.4 Å². The van der Waals surface area contributed by atoms with Crippen molar-refractivity contribution in [3.63, 3.8) is 0 Å². The van der Waals surface area contributed by atoms with Crippen LogP contribution in [-0.2, 0) is 21.2 Å². The summed E-state index contributed by atoms with van der Waals surface area (Å²) in [7, 11) is -3.65. The Morgan fingerprint density at radius 3 is 2.68 bits per heavy atom. The van der Waals surface area contributed by atoms with Crippen LogP contribution in [0.5, 0.6) is 5.75 Å². The van der Waals surface area contributed by atoms with E-state index < -0.39 is 27.6 Å². The van der Waals surface area contributed by atoms with Crippen LogP contribution >= 0.6 is 0 Å². The lowest BCUT2D eigenvalue weighted by molar-refractivity contribution is -0.136. The van der Waals surface area contributed by atoms with Crippen molar-refractivity contribution in [3.05, 3.63) is 65.9 Å². The molecule has 2 heterocycles. The number of likely N-dealkylation sites (tertiary alicyclic amines) is 1. The molecule has 8 nitrogen and oxygen atoms in total. The number of piperidine rings is 1. The highest BCUT2D eigenvalue weighted by Gasteiger charge is 2.37. The number of fused-ring (bicyclic) bond motifs is 1. The number of hydrogen-bond acceptors (Lipinski definition) is 7. The number of nitrogens with one attached hydrogen (secondary N) is 1. The number of aromatic nitrogens is 1. The number of benzene rings is 2. The predicted molar refractivity (Wildman–Crippen MR) is 142 cm³/mol. The largest absolute Gasteiger partial charge is 0.489 e. The van der Waals surface area contributed by atoms with Crippen molar-refractivity contribution in [1.29, 1.82) is 0 Å². The maximum absolute atomic E-state index is 13.3. The third-order valence-electron chi connectivity index (χ3n) is 7.03. The number of rotatable bonds is 10. The fourth-order valence-corrected chi connectivity index (χ4v) is 6.73. The third kappa shape index (κ3) is 6.66. The molecule has 0 aliphatic carbocycles. The maximum atomic E-state index is 13.3. The van der Waals surface area contributed by atoms with Crippen molar-refractivity contribution < 1.29 is 23.2 Å². The molecule has 2 N–H and O–H groups in total. The summed E-state index contributed by atoms with van der Waals surface area (Å²) >= 11 is 0. The molecule has 0 unspecified atom stereocenters. The first-order valence-electron chi connectivity index (χ1n) is 12.8. The highest BCUT2D eigenvalue weighted by Crippen LogP contribution is 2.29. The summed E-state index contributed by atoms with van der Waals surface area (Å²) in [6.45, 7) is 6.49. The number of amides is 1. The number of carbonyl (C=O) groups is 1. The molecule has 9 heteroatoms. The molecule has 1 saturated heterocycles. The minimum absolute atomic E-state index is 0.157. The second-order valence-corrected chi connectivity index (χ2v) is 11.8. The average molecular weight is 526 g/mol. The number of carbonyl (C=O) groups excluding carboxylic acids is 1. The zero-order chi connectivity index (χ0) is 26.4. The van der Waals surface area contributed by atoms with E-state index in [1.807, 2.05) is 37.3 Å². The molecule has 2 aromatic carbocycles. The molecule has 37 heavy (non-hydrogen) atoms. The lowest BCUT2D eigenvalue weighted by atomic mass is 9.86. The van der Waals surface area contributed by atoms with Gasteiger partial charge in [-0.1, -0.05) is 31.5 Å². The van der Waals surface area contributed by atoms with Gasteiger partial charge in [0.05, 0.1) is 16.2 Å². The Morgan fingerprint density at radius 2 is 1.95 bits per heavy atom. The number of sulfone groups is 1. The van der Waals surface area contributed by atoms with Gasteiger partial charge in [0.2, 0.25) is 5.91 Å². The first-order valence-corrected chi connectivity index (χ1v) is 14.4. The van der Waals surface area contributed by atoms with Crippen LogP contribution in [0, 0.1) is 18.8 Å². The lowest BCUT2D eigenvalue weighted by Crippen LogP contribution is -2.48. The van der Waals surface area contributed by atoms with Crippen LogP contribution in [0.2, 0.25) is 0 Å². The van der Waals surface area contributed by atoms with E-state index in [-0.39, 0.29) is 10.6 Å². The van der Waals surface area contributed by atoms with E-state index in [0.29, 0.717) is 31.9 Å². The van der Waals surface area contributed by atoms with Gasteiger partial charge in [-0.15, -0.1) is 0 Å². The van der Waals surface area contributed by atoms with Gasteiger partial charge >= 0.3 is 0 Å². The maximum Gasteiger partial charge on any atom is 0.246 e. The standard InChI is InChI=1S/C28H35N3O5S/c1-3-4-14-31-15-13-26(28(32)30-33)22(17-31)19-37(34,35)24-11-9-23(10-12-24)36-18-21-16-20(2)29-27-8-6-5-7-25(21)27/h5-12,16,22,26,33H,3-4,13-15,17-19H2,1-2H3,(H,30,32)/t22-,26-/m0/s1. The topological polar surface area (TPSA) is 109 Å². The van der Waals surface area contributed by atoms with Crippen LogP contribution in [0.4, 0.5) is 0 Å². The molecule has 0 bridgehead atoms. The Hall–Kier alpha value is -3.01. The smallest absolute Gasteiger partial charge is 0.246 e. The number of para-hydroxylation sites is 1. The summed E-state index contributed by atoms with van der Waals surface area (Å²) in [4.78, 5) is 19.2. The first kappa shape index (κ1) is 27.0. The van der Waals surface area contributed by atoms with Crippen LogP contribution in [0.1, 0.15) is 37.4 Å². The van der Waals surface area contributed by atoms with Crippen LogP contribution in [-0.4, -0.2) is 54.8 Å². The Labute approximate surface area is 218 Å². The van der Waals surface area contributed by atoms with Crippen molar-refractivity contribution in [2.24, 2.45) is 11.8 Å². The summed E-state index contributed by atoms with van der Waals surface area (Å²) in [5.74, 6) is -1.05. The number of ether oxygens (including phenoxy) is 1. The predicted octanol–water partition coefficient (Wildman–Crippen LogP) is 4.14. The normalized spacial score (nSPS) is 18.6.